The molecule has 4 aromatic carbocycles. The van der Waals surface area contributed by atoms with Crippen LogP contribution in [0.15, 0.2) is 91.0 Å². The van der Waals surface area contributed by atoms with Gasteiger partial charge >= 0.3 is 0 Å². The number of carbonyl (C=O) groups excluding carboxylic acids is 2. The molecule has 2 amide bonds. The number of benzene rings is 4. The van der Waals surface area contributed by atoms with E-state index in [9.17, 15) is 9.59 Å². The summed E-state index contributed by atoms with van der Waals surface area (Å²) in [5.74, 6) is -0.157. The molecule has 1 fully saturated rings. The number of nitrogens with zero attached hydrogens (tertiary/aromatic N) is 1. The predicted octanol–water partition coefficient (Wildman–Crippen LogP) is 7.51. The Morgan fingerprint density at radius 2 is 1.13 bits per heavy atom. The average Bonchev–Trinajstić information content (AvgIpc) is 3.21. The van der Waals surface area contributed by atoms with Gasteiger partial charge in [-0.2, -0.15) is 0 Å². The molecule has 1 heterocycles. The van der Waals surface area contributed by atoms with E-state index in [0.29, 0.717) is 11.4 Å². The quantitative estimate of drug-likeness (QED) is 0.174. The number of aryl methyl sites for hydroxylation is 1. The minimum absolute atomic E-state index is 0.201. The zero-order valence-electron chi connectivity index (χ0n) is 20.7. The second-order valence-corrected chi connectivity index (χ2v) is 12.8. The van der Waals surface area contributed by atoms with E-state index < -0.39 is 20.5 Å². The highest BCUT2D eigenvalue weighted by atomic mass is 79.9. The molecule has 8 rings (SSSR count). The molecular formula is C32H23Br2NO3. The second kappa shape index (κ2) is 8.14. The Kier molecular flexibility index (Phi) is 5.11. The summed E-state index contributed by atoms with van der Waals surface area (Å²) in [4.78, 5) is 29.7. The fourth-order valence-corrected chi connectivity index (χ4v) is 8.85. The lowest BCUT2D eigenvalue weighted by Crippen LogP contribution is -2.56. The Labute approximate surface area is 237 Å². The molecule has 1 aliphatic heterocycles. The third-order valence-electron chi connectivity index (χ3n) is 8.46. The van der Waals surface area contributed by atoms with Crippen LogP contribution >= 0.6 is 31.9 Å². The highest BCUT2D eigenvalue weighted by molar-refractivity contribution is 9.10. The topological polar surface area (TPSA) is 46.6 Å². The maximum absolute atomic E-state index is 14.2. The Balaban J connectivity index is 1.31. The molecule has 0 radical (unpaired) electrons. The van der Waals surface area contributed by atoms with Crippen LogP contribution in [0.5, 0.6) is 11.5 Å². The number of imide groups is 1. The number of hydrogen-bond donors (Lipinski definition) is 0. The van der Waals surface area contributed by atoms with E-state index in [2.05, 4.69) is 56.1 Å². The fraction of sp³-hybridized carbons (Fsp3) is 0.188. The van der Waals surface area contributed by atoms with Crippen LogP contribution in [0.25, 0.3) is 0 Å². The third-order valence-corrected chi connectivity index (χ3v) is 11.2. The first kappa shape index (κ1) is 23.9. The van der Waals surface area contributed by atoms with Crippen LogP contribution in [0.4, 0.5) is 5.69 Å². The maximum atomic E-state index is 14.2. The van der Waals surface area contributed by atoms with Crippen molar-refractivity contribution in [2.75, 3.05) is 4.90 Å². The Bertz CT molecular complexity index is 1540. The number of amides is 2. The monoisotopic (exact) mass is 627 g/mol. The minimum Gasteiger partial charge on any atom is -0.457 e. The summed E-state index contributed by atoms with van der Waals surface area (Å²) in [7, 11) is 0. The summed E-state index contributed by atoms with van der Waals surface area (Å²) in [5, 5.41) is 0. The van der Waals surface area contributed by atoms with E-state index in [4.69, 9.17) is 4.74 Å². The van der Waals surface area contributed by atoms with Crippen molar-refractivity contribution in [2.45, 2.75) is 22.5 Å². The molecule has 188 valence electrons. The van der Waals surface area contributed by atoms with Gasteiger partial charge in [0.25, 0.3) is 0 Å². The molecule has 3 aliphatic carbocycles. The number of hydrogen-bond acceptors (Lipinski definition) is 3. The van der Waals surface area contributed by atoms with Crippen molar-refractivity contribution in [1.82, 2.24) is 0 Å². The maximum Gasteiger partial charge on any atom is 0.239 e. The first-order chi connectivity index (χ1) is 18.3. The smallest absolute Gasteiger partial charge is 0.239 e. The molecule has 2 atom stereocenters. The normalized spacial score (nSPS) is 26.7. The number of halogens is 2. The van der Waals surface area contributed by atoms with Gasteiger partial charge in [-0.1, -0.05) is 92.5 Å². The summed E-state index contributed by atoms with van der Waals surface area (Å²) < 4.78 is 4.52. The van der Waals surface area contributed by atoms with Gasteiger partial charge in [-0.05, 0) is 77.6 Å². The standard InChI is InChI=1S/C32H23Br2NO3/c1-18-8-7-13-26(19(18)2)38-21-16-14-20(15-17-21)35-29(36)27-28(30(35)37)32(34)23-10-4-3-9-22(23)31(27,33)24-11-5-6-12-25(24)32/h3-17,27-28H,1-2H3. The Hall–Kier alpha value is -3.22. The lowest BCUT2D eigenvalue weighted by Gasteiger charge is -2.55. The van der Waals surface area contributed by atoms with Crippen LogP contribution < -0.4 is 9.64 Å². The predicted molar refractivity (Wildman–Crippen MR) is 154 cm³/mol. The van der Waals surface area contributed by atoms with Crippen molar-refractivity contribution in [3.8, 4) is 11.5 Å². The van der Waals surface area contributed by atoms with E-state index in [1.54, 1.807) is 12.1 Å². The van der Waals surface area contributed by atoms with E-state index >= 15 is 0 Å². The molecule has 0 N–H and O–H groups in total. The largest absolute Gasteiger partial charge is 0.457 e. The number of rotatable bonds is 3. The highest BCUT2D eigenvalue weighted by Gasteiger charge is 2.72. The van der Waals surface area contributed by atoms with Crippen molar-refractivity contribution in [1.29, 1.82) is 0 Å². The zero-order chi connectivity index (χ0) is 26.4. The van der Waals surface area contributed by atoms with E-state index in [1.807, 2.05) is 68.4 Å². The summed E-state index contributed by atoms with van der Waals surface area (Å²) in [6, 6.07) is 29.4. The van der Waals surface area contributed by atoms with Crippen molar-refractivity contribution >= 4 is 49.4 Å². The fourth-order valence-electron chi connectivity index (χ4n) is 6.55. The van der Waals surface area contributed by atoms with Crippen LogP contribution in [-0.2, 0) is 18.2 Å². The third kappa shape index (κ3) is 2.90. The molecule has 4 aliphatic rings. The molecule has 2 unspecified atom stereocenters. The number of alkyl halides is 2. The van der Waals surface area contributed by atoms with Crippen molar-refractivity contribution < 1.29 is 14.3 Å². The van der Waals surface area contributed by atoms with Crippen molar-refractivity contribution in [3.05, 3.63) is 124 Å². The molecule has 6 heteroatoms. The molecule has 0 spiro atoms. The first-order valence-electron chi connectivity index (χ1n) is 12.6. The van der Waals surface area contributed by atoms with Gasteiger partial charge in [-0.3, -0.25) is 9.59 Å². The van der Waals surface area contributed by atoms with Crippen LogP contribution in [0.2, 0.25) is 0 Å². The van der Waals surface area contributed by atoms with Crippen LogP contribution in [0.1, 0.15) is 33.4 Å². The zero-order valence-corrected chi connectivity index (χ0v) is 23.9. The SMILES string of the molecule is Cc1cccc(Oc2ccc(N3C(=O)C4C(C3=O)C3(Br)c5ccccc5C4(Br)c4ccccc43)cc2)c1C. The minimum atomic E-state index is -0.798. The number of ether oxygens (including phenoxy) is 1. The van der Waals surface area contributed by atoms with E-state index in [-0.39, 0.29) is 11.8 Å². The Morgan fingerprint density at radius 1 is 0.658 bits per heavy atom. The molecule has 1 saturated heterocycles. The number of anilines is 1. The summed E-state index contributed by atoms with van der Waals surface area (Å²) in [5.41, 5.74) is 6.87. The highest BCUT2D eigenvalue weighted by Crippen LogP contribution is 2.70. The lowest BCUT2D eigenvalue weighted by molar-refractivity contribution is -0.122. The van der Waals surface area contributed by atoms with E-state index in [0.717, 1.165) is 39.1 Å². The second-order valence-electron chi connectivity index (χ2n) is 10.3. The van der Waals surface area contributed by atoms with Gasteiger partial charge in [0.05, 0.1) is 26.2 Å². The van der Waals surface area contributed by atoms with Crippen molar-refractivity contribution in [2.24, 2.45) is 11.8 Å². The van der Waals surface area contributed by atoms with Crippen LogP contribution in [0.3, 0.4) is 0 Å². The van der Waals surface area contributed by atoms with E-state index in [1.165, 1.54) is 4.90 Å². The van der Waals surface area contributed by atoms with Gasteiger partial charge in [0.15, 0.2) is 0 Å². The molecule has 4 aromatic rings. The lowest BCUT2D eigenvalue weighted by atomic mass is 9.54. The molecule has 0 saturated carbocycles. The molecule has 0 aromatic heterocycles. The Morgan fingerprint density at radius 3 is 1.61 bits per heavy atom. The summed E-state index contributed by atoms with van der Waals surface area (Å²) in [6.45, 7) is 4.07. The van der Waals surface area contributed by atoms with Gasteiger partial charge in [-0.25, -0.2) is 4.90 Å². The number of carbonyl (C=O) groups is 2. The first-order valence-corrected chi connectivity index (χ1v) is 14.2. The van der Waals surface area contributed by atoms with Crippen LogP contribution in [0, 0.1) is 25.7 Å². The summed E-state index contributed by atoms with van der Waals surface area (Å²) >= 11 is 8.10. The molecule has 2 bridgehead atoms. The van der Waals surface area contributed by atoms with Gasteiger partial charge < -0.3 is 4.74 Å². The van der Waals surface area contributed by atoms with Gasteiger partial charge in [-0.15, -0.1) is 0 Å². The van der Waals surface area contributed by atoms with Crippen LogP contribution in [-0.4, -0.2) is 11.8 Å². The molecular weight excluding hydrogens is 606 g/mol. The van der Waals surface area contributed by atoms with Gasteiger partial charge in [0.1, 0.15) is 11.5 Å². The average molecular weight is 629 g/mol. The molecule has 38 heavy (non-hydrogen) atoms. The van der Waals surface area contributed by atoms with Gasteiger partial charge in [0.2, 0.25) is 11.8 Å². The van der Waals surface area contributed by atoms with Gasteiger partial charge in [0, 0.05) is 0 Å². The molecule has 4 nitrogen and oxygen atoms in total. The van der Waals surface area contributed by atoms with Crippen molar-refractivity contribution in [3.63, 3.8) is 0 Å². The summed E-state index contributed by atoms with van der Waals surface area (Å²) in [6.07, 6.45) is 0.